The summed E-state index contributed by atoms with van der Waals surface area (Å²) in [5, 5.41) is 1.17. The maximum Gasteiger partial charge on any atom is 0.283 e. The first-order valence-electron chi connectivity index (χ1n) is 7.79. The number of halogens is 1. The van der Waals surface area contributed by atoms with E-state index in [1.54, 1.807) is 18.2 Å². The van der Waals surface area contributed by atoms with Crippen LogP contribution in [0.1, 0.15) is 9.67 Å². The Hall–Kier alpha value is -2.77. The summed E-state index contributed by atoms with van der Waals surface area (Å²) in [6.45, 7) is 0.0579. The predicted molar refractivity (Wildman–Crippen MR) is 98.8 cm³/mol. The van der Waals surface area contributed by atoms with Crippen molar-refractivity contribution in [1.29, 1.82) is 0 Å². The Kier molecular flexibility index (Phi) is 4.40. The summed E-state index contributed by atoms with van der Waals surface area (Å²) < 4.78 is 12.0. The smallest absolute Gasteiger partial charge is 0.283 e. The van der Waals surface area contributed by atoms with E-state index in [0.29, 0.717) is 21.4 Å². The summed E-state index contributed by atoms with van der Waals surface area (Å²) in [5.74, 6) is 0.0715. The van der Waals surface area contributed by atoms with Gasteiger partial charge in [0.1, 0.15) is 11.5 Å². The van der Waals surface area contributed by atoms with Gasteiger partial charge in [0.15, 0.2) is 11.5 Å². The second kappa shape index (κ2) is 6.86. The van der Waals surface area contributed by atoms with Gasteiger partial charge in [-0.1, -0.05) is 41.9 Å². The summed E-state index contributed by atoms with van der Waals surface area (Å²) in [6, 6.07) is 14.5. The number of hydrogen-bond acceptors (Lipinski definition) is 5. The van der Waals surface area contributed by atoms with E-state index < -0.39 is 17.9 Å². The van der Waals surface area contributed by atoms with Crippen molar-refractivity contribution in [3.8, 4) is 11.5 Å². The maximum absolute atomic E-state index is 12.3. The van der Waals surface area contributed by atoms with Gasteiger partial charge in [0.2, 0.25) is 6.10 Å². The normalized spacial score (nSPS) is 15.5. The number of thiophene rings is 1. The predicted octanol–water partition coefficient (Wildman–Crippen LogP) is 3.16. The number of hydrogen-bond donors (Lipinski definition) is 2. The summed E-state index contributed by atoms with van der Waals surface area (Å²) in [4.78, 5) is 24.9. The molecule has 0 bridgehead atoms. The molecule has 0 spiro atoms. The molecule has 6 nitrogen and oxygen atoms in total. The molecule has 1 aromatic heterocycles. The van der Waals surface area contributed by atoms with Crippen LogP contribution in [0.25, 0.3) is 10.1 Å². The zero-order chi connectivity index (χ0) is 18.1. The van der Waals surface area contributed by atoms with Crippen LogP contribution >= 0.6 is 22.9 Å². The number of carbonyl (C=O) groups excluding carboxylic acids is 2. The molecule has 2 heterocycles. The molecular weight excluding hydrogens is 376 g/mol. The van der Waals surface area contributed by atoms with E-state index in [0.717, 1.165) is 10.1 Å². The highest BCUT2D eigenvalue weighted by Gasteiger charge is 2.28. The number of fused-ring (bicyclic) bond motifs is 2. The third-order valence-electron chi connectivity index (χ3n) is 3.84. The summed E-state index contributed by atoms with van der Waals surface area (Å²) in [7, 11) is 0. The first-order valence-corrected chi connectivity index (χ1v) is 8.98. The number of rotatable bonds is 2. The molecule has 2 amide bonds. The Bertz CT molecular complexity index is 1000. The first-order chi connectivity index (χ1) is 12.6. The second-order valence-corrected chi connectivity index (χ2v) is 6.98. The van der Waals surface area contributed by atoms with Gasteiger partial charge in [-0.3, -0.25) is 20.4 Å². The van der Waals surface area contributed by atoms with Crippen molar-refractivity contribution in [3.63, 3.8) is 0 Å². The van der Waals surface area contributed by atoms with Gasteiger partial charge < -0.3 is 9.47 Å². The molecule has 2 N–H and O–H groups in total. The summed E-state index contributed by atoms with van der Waals surface area (Å²) in [5.41, 5.74) is 4.73. The van der Waals surface area contributed by atoms with E-state index in [1.165, 1.54) is 11.3 Å². The first kappa shape index (κ1) is 16.7. The highest BCUT2D eigenvalue weighted by atomic mass is 35.5. The van der Waals surface area contributed by atoms with Crippen LogP contribution in [0.15, 0.2) is 48.5 Å². The lowest BCUT2D eigenvalue weighted by atomic mass is 10.2. The standard InChI is InChI=1S/C18H13ClN2O4S/c19-15-10-5-1-4-8-14(10)26-16(15)18(23)21-20-17(22)13-9-24-11-6-2-3-7-12(11)25-13/h1-8,13H,9H2,(H,20,22)(H,21,23). The van der Waals surface area contributed by atoms with Crippen molar-refractivity contribution in [3.05, 3.63) is 58.4 Å². The molecule has 1 unspecified atom stereocenters. The van der Waals surface area contributed by atoms with E-state index in [2.05, 4.69) is 10.9 Å². The average Bonchev–Trinajstić information content (AvgIpc) is 3.02. The van der Waals surface area contributed by atoms with Gasteiger partial charge in [-0.15, -0.1) is 11.3 Å². The van der Waals surface area contributed by atoms with Crippen molar-refractivity contribution < 1.29 is 19.1 Å². The quantitative estimate of drug-likeness (QED) is 0.661. The highest BCUT2D eigenvalue weighted by Crippen LogP contribution is 2.35. The molecule has 0 saturated carbocycles. The lowest BCUT2D eigenvalue weighted by molar-refractivity contribution is -0.131. The van der Waals surface area contributed by atoms with E-state index in [-0.39, 0.29) is 6.61 Å². The molecule has 8 heteroatoms. The zero-order valence-electron chi connectivity index (χ0n) is 13.3. The third-order valence-corrected chi connectivity index (χ3v) is 5.52. The number of hydrazine groups is 1. The highest BCUT2D eigenvalue weighted by molar-refractivity contribution is 7.21. The number of amides is 2. The molecule has 1 aliphatic heterocycles. The van der Waals surface area contributed by atoms with Gasteiger partial charge in [-0.2, -0.15) is 0 Å². The fourth-order valence-electron chi connectivity index (χ4n) is 2.56. The molecule has 26 heavy (non-hydrogen) atoms. The van der Waals surface area contributed by atoms with Crippen LogP contribution in [0.4, 0.5) is 0 Å². The minimum Gasteiger partial charge on any atom is -0.485 e. The van der Waals surface area contributed by atoms with Crippen molar-refractivity contribution in [2.75, 3.05) is 6.61 Å². The minimum absolute atomic E-state index is 0.0579. The maximum atomic E-state index is 12.3. The Morgan fingerprint density at radius 2 is 1.77 bits per heavy atom. The van der Waals surface area contributed by atoms with Crippen molar-refractivity contribution in [2.24, 2.45) is 0 Å². The Labute approximate surface area is 157 Å². The number of ether oxygens (including phenoxy) is 2. The van der Waals surface area contributed by atoms with Gasteiger partial charge in [0.25, 0.3) is 11.8 Å². The molecule has 3 aromatic rings. The summed E-state index contributed by atoms with van der Waals surface area (Å²) >= 11 is 7.52. The second-order valence-electron chi connectivity index (χ2n) is 5.55. The fraction of sp³-hybridized carbons (Fsp3) is 0.111. The zero-order valence-corrected chi connectivity index (χ0v) is 14.9. The van der Waals surface area contributed by atoms with Crippen molar-refractivity contribution in [2.45, 2.75) is 6.10 Å². The SMILES string of the molecule is O=C(NNC(=O)C1COc2ccccc2O1)c1sc2ccccc2c1Cl. The van der Waals surface area contributed by atoms with Crippen LogP contribution in [0, 0.1) is 0 Å². The molecule has 0 saturated heterocycles. The minimum atomic E-state index is -0.858. The van der Waals surface area contributed by atoms with Crippen LogP contribution in [0.5, 0.6) is 11.5 Å². The summed E-state index contributed by atoms with van der Waals surface area (Å²) in [6.07, 6.45) is -0.858. The molecule has 0 fully saturated rings. The molecular formula is C18H13ClN2O4S. The molecule has 1 aliphatic rings. The Morgan fingerprint density at radius 1 is 1.04 bits per heavy atom. The molecule has 2 aromatic carbocycles. The van der Waals surface area contributed by atoms with Gasteiger partial charge in [-0.05, 0) is 18.2 Å². The van der Waals surface area contributed by atoms with Crippen LogP contribution in [0.3, 0.4) is 0 Å². The number of nitrogens with one attached hydrogen (secondary N) is 2. The van der Waals surface area contributed by atoms with Gasteiger partial charge >= 0.3 is 0 Å². The monoisotopic (exact) mass is 388 g/mol. The van der Waals surface area contributed by atoms with E-state index in [4.69, 9.17) is 21.1 Å². The van der Waals surface area contributed by atoms with Crippen LogP contribution < -0.4 is 20.3 Å². The van der Waals surface area contributed by atoms with E-state index >= 15 is 0 Å². The number of carbonyl (C=O) groups is 2. The van der Waals surface area contributed by atoms with Gasteiger partial charge in [0.05, 0.1) is 5.02 Å². The average molecular weight is 389 g/mol. The number of para-hydroxylation sites is 2. The molecule has 1 atom stereocenters. The topological polar surface area (TPSA) is 76.7 Å². The Morgan fingerprint density at radius 3 is 2.58 bits per heavy atom. The lowest BCUT2D eigenvalue weighted by Gasteiger charge is -2.25. The fourth-order valence-corrected chi connectivity index (χ4v) is 3.98. The lowest BCUT2D eigenvalue weighted by Crippen LogP contribution is -2.50. The van der Waals surface area contributed by atoms with E-state index in [1.807, 2.05) is 30.3 Å². The van der Waals surface area contributed by atoms with Crippen LogP contribution in [-0.4, -0.2) is 24.5 Å². The third kappa shape index (κ3) is 3.07. The van der Waals surface area contributed by atoms with Crippen LogP contribution in [0.2, 0.25) is 5.02 Å². The molecule has 0 aliphatic carbocycles. The largest absolute Gasteiger partial charge is 0.485 e. The van der Waals surface area contributed by atoms with Crippen molar-refractivity contribution in [1.82, 2.24) is 10.9 Å². The molecule has 132 valence electrons. The van der Waals surface area contributed by atoms with Crippen molar-refractivity contribution >= 4 is 44.8 Å². The molecule has 4 rings (SSSR count). The number of benzene rings is 2. The Balaban J connectivity index is 1.41. The molecule has 0 radical (unpaired) electrons. The van der Waals surface area contributed by atoms with Gasteiger partial charge in [-0.25, -0.2) is 0 Å². The van der Waals surface area contributed by atoms with Crippen LogP contribution in [-0.2, 0) is 4.79 Å². The van der Waals surface area contributed by atoms with Gasteiger partial charge in [0, 0.05) is 10.1 Å². The van der Waals surface area contributed by atoms with E-state index in [9.17, 15) is 9.59 Å².